The van der Waals surface area contributed by atoms with E-state index in [1.54, 1.807) is 0 Å². The highest BCUT2D eigenvalue weighted by atomic mass is 32.2. The van der Waals surface area contributed by atoms with Gasteiger partial charge in [0.05, 0.1) is 11.7 Å². The molecule has 4 heteroatoms. The van der Waals surface area contributed by atoms with Crippen LogP contribution in [0.25, 0.3) is 61.0 Å². The minimum Gasteiger partial charge on any atom is -0.456 e. The van der Waals surface area contributed by atoms with Gasteiger partial charge in [-0.05, 0) is 81.4 Å². The van der Waals surface area contributed by atoms with Gasteiger partial charge < -0.3 is 9.73 Å². The van der Waals surface area contributed by atoms with Crippen LogP contribution in [0.15, 0.2) is 189 Å². The van der Waals surface area contributed by atoms with Crippen molar-refractivity contribution < 1.29 is 4.42 Å². The molecule has 50 heavy (non-hydrogen) atoms. The second-order valence-electron chi connectivity index (χ2n) is 12.8. The van der Waals surface area contributed by atoms with E-state index < -0.39 is 0 Å². The Morgan fingerprint density at radius 2 is 1.12 bits per heavy atom. The summed E-state index contributed by atoms with van der Waals surface area (Å²) in [6, 6.07) is 60.2. The number of furan rings is 1. The lowest BCUT2D eigenvalue weighted by Crippen LogP contribution is -2.32. The molecule has 3 heterocycles. The zero-order valence-corrected chi connectivity index (χ0v) is 27.8. The summed E-state index contributed by atoms with van der Waals surface area (Å²) in [7, 11) is 0. The van der Waals surface area contributed by atoms with Crippen molar-refractivity contribution in [2.75, 3.05) is 0 Å². The predicted octanol–water partition coefficient (Wildman–Crippen LogP) is 12.2. The van der Waals surface area contributed by atoms with Crippen LogP contribution < -0.4 is 5.32 Å². The molecule has 3 nitrogen and oxygen atoms in total. The Morgan fingerprint density at radius 1 is 0.500 bits per heavy atom. The minimum absolute atomic E-state index is 0.0367. The lowest BCUT2D eigenvalue weighted by molar-refractivity contribution is 0.669. The molecule has 1 aromatic heterocycles. The van der Waals surface area contributed by atoms with Crippen molar-refractivity contribution >= 4 is 45.2 Å². The quantitative estimate of drug-likeness (QED) is 0.200. The molecule has 10 rings (SSSR count). The smallest absolute Gasteiger partial charge is 0.136 e. The number of amidine groups is 1. The van der Waals surface area contributed by atoms with E-state index in [0.717, 1.165) is 55.7 Å². The Labute approximate surface area is 294 Å². The van der Waals surface area contributed by atoms with Gasteiger partial charge in [0.15, 0.2) is 0 Å². The van der Waals surface area contributed by atoms with E-state index in [0.29, 0.717) is 0 Å². The maximum atomic E-state index is 6.63. The zero-order valence-electron chi connectivity index (χ0n) is 27.0. The van der Waals surface area contributed by atoms with Crippen molar-refractivity contribution in [1.82, 2.24) is 5.32 Å². The van der Waals surface area contributed by atoms with Gasteiger partial charge in [0.1, 0.15) is 17.0 Å². The van der Waals surface area contributed by atoms with E-state index >= 15 is 0 Å². The fourth-order valence-electron chi connectivity index (χ4n) is 7.33. The number of aliphatic imine (C=N–C) groups is 1. The van der Waals surface area contributed by atoms with Crippen LogP contribution >= 0.6 is 11.8 Å². The second-order valence-corrected chi connectivity index (χ2v) is 13.9. The Bertz CT molecular complexity index is 2580. The number of benzene rings is 7. The van der Waals surface area contributed by atoms with Crippen LogP contribution in [0.4, 0.5) is 0 Å². The monoisotopic (exact) mass is 658 g/mol. The first-order chi connectivity index (χ1) is 24.8. The van der Waals surface area contributed by atoms with Gasteiger partial charge in [0, 0.05) is 31.7 Å². The Hall–Kier alpha value is -6.10. The molecule has 2 aliphatic heterocycles. The van der Waals surface area contributed by atoms with Crippen LogP contribution in [0.5, 0.6) is 0 Å². The Balaban J connectivity index is 1.11. The molecule has 0 amide bonds. The maximum Gasteiger partial charge on any atom is 0.136 e. The van der Waals surface area contributed by atoms with Crippen molar-refractivity contribution in [3.63, 3.8) is 0 Å². The molecule has 1 atom stereocenters. The number of nitrogens with one attached hydrogen (secondary N) is 1. The van der Waals surface area contributed by atoms with Crippen molar-refractivity contribution in [3.8, 4) is 33.4 Å². The number of nitrogens with zero attached hydrogens (tertiary/aromatic N) is 1. The van der Waals surface area contributed by atoms with E-state index in [4.69, 9.17) is 9.41 Å². The molecule has 0 fully saturated rings. The van der Waals surface area contributed by atoms with Gasteiger partial charge in [0.25, 0.3) is 0 Å². The first kappa shape index (κ1) is 28.9. The molecule has 236 valence electrons. The highest BCUT2D eigenvalue weighted by Crippen LogP contribution is 2.52. The number of rotatable bonds is 5. The minimum atomic E-state index is 0.0367. The van der Waals surface area contributed by atoms with Crippen molar-refractivity contribution in [1.29, 1.82) is 0 Å². The standard InChI is InChI=1S/C46H30N2OS/c1-4-13-29(14-5-1)33-25-34(30-15-6-2-7-16-30)27-35(26-33)32-23-24-36-40(28-32)49-39-21-12-20-38(42(36)39)46-47-43(31-17-8-3-9-18-31)45-44(48-46)37-19-10-11-22-41(37)50-45/h1-28,44H,(H,47,48). The Morgan fingerprint density at radius 3 is 1.82 bits per heavy atom. The zero-order chi connectivity index (χ0) is 33.0. The fourth-order valence-corrected chi connectivity index (χ4v) is 8.58. The SMILES string of the molecule is c1ccc(C2=C3Sc4ccccc4C3NC(c3cccc4oc5cc(-c6cc(-c7ccccc7)cc(-c7ccccc7)c6)ccc5c34)=N2)cc1. The van der Waals surface area contributed by atoms with Crippen LogP contribution in [0.2, 0.25) is 0 Å². The summed E-state index contributed by atoms with van der Waals surface area (Å²) in [5, 5.41) is 5.99. The molecule has 1 N–H and O–H groups in total. The van der Waals surface area contributed by atoms with Crippen LogP contribution in [-0.4, -0.2) is 5.84 Å². The molecule has 0 saturated heterocycles. The van der Waals surface area contributed by atoms with Gasteiger partial charge >= 0.3 is 0 Å². The summed E-state index contributed by atoms with van der Waals surface area (Å²) in [4.78, 5) is 7.86. The molecular formula is C46H30N2OS. The van der Waals surface area contributed by atoms with E-state index in [1.165, 1.54) is 37.6 Å². The lowest BCUT2D eigenvalue weighted by Gasteiger charge is -2.25. The molecule has 2 aliphatic rings. The van der Waals surface area contributed by atoms with E-state index in [2.05, 4.69) is 175 Å². The molecule has 0 saturated carbocycles. The largest absolute Gasteiger partial charge is 0.456 e. The fraction of sp³-hybridized carbons (Fsp3) is 0.0217. The summed E-state index contributed by atoms with van der Waals surface area (Å²) in [6.07, 6.45) is 0. The van der Waals surface area contributed by atoms with Gasteiger partial charge in [-0.1, -0.05) is 139 Å². The summed E-state index contributed by atoms with van der Waals surface area (Å²) in [6.45, 7) is 0. The van der Waals surface area contributed by atoms with Crippen molar-refractivity contribution in [2.24, 2.45) is 4.99 Å². The van der Waals surface area contributed by atoms with Gasteiger partial charge in [-0.25, -0.2) is 4.99 Å². The van der Waals surface area contributed by atoms with E-state index in [-0.39, 0.29) is 6.04 Å². The third-order valence-corrected chi connectivity index (χ3v) is 11.0. The maximum absolute atomic E-state index is 6.63. The number of hydrogen-bond acceptors (Lipinski definition) is 4. The average Bonchev–Trinajstić information content (AvgIpc) is 3.76. The second kappa shape index (κ2) is 11.8. The summed E-state index contributed by atoms with van der Waals surface area (Å²) in [5.74, 6) is 0.857. The Kier molecular flexibility index (Phi) is 6.81. The average molecular weight is 659 g/mol. The normalized spacial score (nSPS) is 15.1. The van der Waals surface area contributed by atoms with Gasteiger partial charge in [0.2, 0.25) is 0 Å². The summed E-state index contributed by atoms with van der Waals surface area (Å²) in [5.41, 5.74) is 13.2. The molecule has 0 radical (unpaired) electrons. The van der Waals surface area contributed by atoms with E-state index in [9.17, 15) is 0 Å². The van der Waals surface area contributed by atoms with Gasteiger partial charge in [-0.2, -0.15) is 0 Å². The van der Waals surface area contributed by atoms with Crippen LogP contribution in [0, 0.1) is 0 Å². The molecule has 0 bridgehead atoms. The number of thioether (sulfide) groups is 1. The first-order valence-corrected chi connectivity index (χ1v) is 17.7. The third kappa shape index (κ3) is 4.88. The molecule has 0 spiro atoms. The first-order valence-electron chi connectivity index (χ1n) is 16.9. The number of fused-ring (bicyclic) bond motifs is 6. The highest BCUT2D eigenvalue weighted by Gasteiger charge is 2.35. The predicted molar refractivity (Wildman–Crippen MR) is 208 cm³/mol. The molecular weight excluding hydrogens is 629 g/mol. The molecule has 1 unspecified atom stereocenters. The third-order valence-electron chi connectivity index (χ3n) is 9.73. The highest BCUT2D eigenvalue weighted by molar-refractivity contribution is 8.03. The van der Waals surface area contributed by atoms with E-state index in [1.807, 2.05) is 11.8 Å². The topological polar surface area (TPSA) is 37.5 Å². The van der Waals surface area contributed by atoms with Crippen LogP contribution in [0.1, 0.15) is 22.7 Å². The molecule has 7 aromatic carbocycles. The van der Waals surface area contributed by atoms with Gasteiger partial charge in [-0.15, -0.1) is 0 Å². The van der Waals surface area contributed by atoms with Crippen LogP contribution in [-0.2, 0) is 0 Å². The summed E-state index contributed by atoms with van der Waals surface area (Å²) < 4.78 is 6.63. The summed E-state index contributed by atoms with van der Waals surface area (Å²) >= 11 is 1.82. The van der Waals surface area contributed by atoms with Crippen molar-refractivity contribution in [2.45, 2.75) is 10.9 Å². The molecule has 8 aromatic rings. The lowest BCUT2D eigenvalue weighted by atomic mass is 9.93. The van der Waals surface area contributed by atoms with Gasteiger partial charge in [-0.3, -0.25) is 0 Å². The number of hydrogen-bond donors (Lipinski definition) is 1. The molecule has 0 aliphatic carbocycles. The van der Waals surface area contributed by atoms with Crippen LogP contribution in [0.3, 0.4) is 0 Å². The van der Waals surface area contributed by atoms with Crippen molar-refractivity contribution in [3.05, 3.63) is 191 Å².